The molecule has 0 radical (unpaired) electrons. The molecule has 0 amide bonds. The normalized spacial score (nSPS) is 30.1. The number of carbonyl (C=O) groups is 1. The number of hydrogen-bond donors (Lipinski definition) is 1. The van der Waals surface area contributed by atoms with Crippen LogP contribution in [0, 0.1) is 17.6 Å². The van der Waals surface area contributed by atoms with E-state index in [1.54, 1.807) is 0 Å². The van der Waals surface area contributed by atoms with Gasteiger partial charge in [-0.1, -0.05) is 12.8 Å². The van der Waals surface area contributed by atoms with Crippen molar-refractivity contribution in [1.82, 2.24) is 5.32 Å². The minimum Gasteiger partial charge on any atom is -0.304 e. The van der Waals surface area contributed by atoms with Crippen LogP contribution in [-0.4, -0.2) is 17.9 Å². The molecule has 2 aliphatic rings. The van der Waals surface area contributed by atoms with Gasteiger partial charge < -0.3 is 5.32 Å². The number of nitrogens with one attached hydrogen (secondary N) is 1. The lowest BCUT2D eigenvalue weighted by Gasteiger charge is -2.24. The smallest absolute Gasteiger partial charge is 0.182 e. The first-order chi connectivity index (χ1) is 9.15. The van der Waals surface area contributed by atoms with Crippen molar-refractivity contribution in [3.05, 3.63) is 35.4 Å². The minimum atomic E-state index is -0.762. The largest absolute Gasteiger partial charge is 0.304 e. The monoisotopic (exact) mass is 265 g/mol. The lowest BCUT2D eigenvalue weighted by atomic mass is 9.84. The average molecular weight is 265 g/mol. The van der Waals surface area contributed by atoms with Gasteiger partial charge in [0.2, 0.25) is 0 Å². The van der Waals surface area contributed by atoms with E-state index in [1.165, 1.54) is 18.9 Å². The molecule has 1 N–H and O–H groups in total. The Balaban J connectivity index is 1.77. The van der Waals surface area contributed by atoms with E-state index in [4.69, 9.17) is 0 Å². The Hall–Kier alpha value is -1.29. The van der Waals surface area contributed by atoms with Crippen molar-refractivity contribution in [2.24, 2.45) is 5.92 Å². The van der Waals surface area contributed by atoms with E-state index in [2.05, 4.69) is 5.32 Å². The fourth-order valence-corrected chi connectivity index (χ4v) is 3.40. The molecule has 0 aromatic heterocycles. The number of rotatable bonds is 2. The lowest BCUT2D eigenvalue weighted by molar-refractivity contribution is 0.0945. The van der Waals surface area contributed by atoms with Crippen molar-refractivity contribution < 1.29 is 13.6 Å². The van der Waals surface area contributed by atoms with E-state index >= 15 is 0 Å². The molecular formula is C15H17F2NO. The molecule has 3 atom stereocenters. The molecule has 0 spiro atoms. The molecule has 4 heteroatoms. The molecule has 19 heavy (non-hydrogen) atoms. The van der Waals surface area contributed by atoms with E-state index in [0.717, 1.165) is 31.4 Å². The van der Waals surface area contributed by atoms with E-state index in [1.807, 2.05) is 0 Å². The van der Waals surface area contributed by atoms with E-state index < -0.39 is 11.6 Å². The van der Waals surface area contributed by atoms with Gasteiger partial charge in [-0.05, 0) is 37.3 Å². The Labute approximate surface area is 111 Å². The number of carbonyl (C=O) groups excluding carboxylic acids is 1. The highest BCUT2D eigenvalue weighted by Gasteiger charge is 2.38. The number of benzene rings is 1. The van der Waals surface area contributed by atoms with Gasteiger partial charge in [0.05, 0.1) is 11.6 Å². The lowest BCUT2D eigenvalue weighted by Crippen LogP contribution is -2.37. The van der Waals surface area contributed by atoms with Crippen molar-refractivity contribution in [3.63, 3.8) is 0 Å². The molecule has 2 fully saturated rings. The molecule has 1 aromatic rings. The zero-order valence-electron chi connectivity index (χ0n) is 10.7. The summed E-state index contributed by atoms with van der Waals surface area (Å²) in [5.41, 5.74) is -0.00227. The zero-order chi connectivity index (χ0) is 13.4. The van der Waals surface area contributed by atoms with Crippen LogP contribution < -0.4 is 5.32 Å². The van der Waals surface area contributed by atoms with Crippen molar-refractivity contribution >= 4 is 5.78 Å². The Morgan fingerprint density at radius 3 is 2.74 bits per heavy atom. The first-order valence-electron chi connectivity index (χ1n) is 6.90. The fraction of sp³-hybridized carbons (Fsp3) is 0.533. The maximum absolute atomic E-state index is 13.6. The summed E-state index contributed by atoms with van der Waals surface area (Å²) in [6, 6.07) is 3.24. The SMILES string of the molecule is O=C(c1ccc(F)cc1F)C1CC2CCCCC2N1. The van der Waals surface area contributed by atoms with Gasteiger partial charge in [-0.3, -0.25) is 4.79 Å². The summed E-state index contributed by atoms with van der Waals surface area (Å²) in [7, 11) is 0. The topological polar surface area (TPSA) is 29.1 Å². The van der Waals surface area contributed by atoms with E-state index in [0.29, 0.717) is 12.0 Å². The second-order valence-electron chi connectivity index (χ2n) is 5.59. The zero-order valence-corrected chi connectivity index (χ0v) is 10.7. The van der Waals surface area contributed by atoms with Crippen LogP contribution in [0.25, 0.3) is 0 Å². The van der Waals surface area contributed by atoms with Crippen molar-refractivity contribution in [1.29, 1.82) is 0 Å². The molecule has 1 saturated heterocycles. The van der Waals surface area contributed by atoms with Gasteiger partial charge in [0, 0.05) is 12.1 Å². The molecule has 1 aromatic carbocycles. The summed E-state index contributed by atoms with van der Waals surface area (Å²) in [5.74, 6) is -1.12. The Bertz CT molecular complexity index is 489. The highest BCUT2D eigenvalue weighted by molar-refractivity contribution is 6.00. The third kappa shape index (κ3) is 2.41. The molecule has 1 saturated carbocycles. The molecule has 102 valence electrons. The third-order valence-electron chi connectivity index (χ3n) is 4.38. The van der Waals surface area contributed by atoms with Crippen LogP contribution in [0.15, 0.2) is 18.2 Å². The standard InChI is InChI=1S/C15H17F2NO/c16-10-5-6-11(12(17)8-10)15(19)14-7-9-3-1-2-4-13(9)18-14/h5-6,8-9,13-14,18H,1-4,7H2. The van der Waals surface area contributed by atoms with Crippen LogP contribution in [0.2, 0.25) is 0 Å². The second-order valence-corrected chi connectivity index (χ2v) is 5.59. The van der Waals surface area contributed by atoms with E-state index in [9.17, 15) is 13.6 Å². The molecule has 2 nitrogen and oxygen atoms in total. The van der Waals surface area contributed by atoms with E-state index in [-0.39, 0.29) is 17.4 Å². The number of fused-ring (bicyclic) bond motifs is 1. The van der Waals surface area contributed by atoms with Crippen molar-refractivity contribution in [3.8, 4) is 0 Å². The maximum Gasteiger partial charge on any atom is 0.182 e. The average Bonchev–Trinajstić information content (AvgIpc) is 2.81. The maximum atomic E-state index is 13.6. The Kier molecular flexibility index (Phi) is 3.35. The van der Waals surface area contributed by atoms with Gasteiger partial charge in [-0.15, -0.1) is 0 Å². The second kappa shape index (κ2) is 5.00. The van der Waals surface area contributed by atoms with Crippen LogP contribution in [-0.2, 0) is 0 Å². The minimum absolute atomic E-state index is 0.00227. The van der Waals surface area contributed by atoms with Gasteiger partial charge in [0.25, 0.3) is 0 Å². The molecule has 1 aliphatic carbocycles. The third-order valence-corrected chi connectivity index (χ3v) is 4.38. The Morgan fingerprint density at radius 1 is 1.21 bits per heavy atom. The van der Waals surface area contributed by atoms with Gasteiger partial charge >= 0.3 is 0 Å². The van der Waals surface area contributed by atoms with Crippen LogP contribution in [0.1, 0.15) is 42.5 Å². The summed E-state index contributed by atoms with van der Waals surface area (Å²) in [5, 5.41) is 3.32. The molecule has 1 heterocycles. The van der Waals surface area contributed by atoms with Crippen LogP contribution in [0.5, 0.6) is 0 Å². The summed E-state index contributed by atoms with van der Waals surface area (Å²) in [6.07, 6.45) is 5.43. The van der Waals surface area contributed by atoms with Gasteiger partial charge in [-0.2, -0.15) is 0 Å². The van der Waals surface area contributed by atoms with Crippen LogP contribution >= 0.6 is 0 Å². The molecule has 3 rings (SSSR count). The summed E-state index contributed by atoms with van der Waals surface area (Å²) in [6.45, 7) is 0. The highest BCUT2D eigenvalue weighted by atomic mass is 19.1. The molecule has 0 bridgehead atoms. The predicted molar refractivity (Wildman–Crippen MR) is 68.0 cm³/mol. The molecule has 1 aliphatic heterocycles. The first-order valence-corrected chi connectivity index (χ1v) is 6.90. The molecule has 3 unspecified atom stereocenters. The van der Waals surface area contributed by atoms with Gasteiger partial charge in [0.15, 0.2) is 5.78 Å². The number of Topliss-reactive ketones (excluding diaryl/α,β-unsaturated/α-hetero) is 1. The Morgan fingerprint density at radius 2 is 2.00 bits per heavy atom. The summed E-state index contributed by atoms with van der Waals surface area (Å²) in [4.78, 5) is 12.3. The van der Waals surface area contributed by atoms with Crippen molar-refractivity contribution in [2.75, 3.05) is 0 Å². The molecular weight excluding hydrogens is 248 g/mol. The van der Waals surface area contributed by atoms with Gasteiger partial charge in [0.1, 0.15) is 11.6 Å². The van der Waals surface area contributed by atoms with Crippen LogP contribution in [0.3, 0.4) is 0 Å². The summed E-state index contributed by atoms with van der Waals surface area (Å²) < 4.78 is 26.5. The highest BCUT2D eigenvalue weighted by Crippen LogP contribution is 2.34. The van der Waals surface area contributed by atoms with Crippen molar-refractivity contribution in [2.45, 2.75) is 44.2 Å². The van der Waals surface area contributed by atoms with Gasteiger partial charge in [-0.25, -0.2) is 8.78 Å². The van der Waals surface area contributed by atoms with Crippen LogP contribution in [0.4, 0.5) is 8.78 Å². The number of ketones is 1. The quantitative estimate of drug-likeness (QED) is 0.833. The predicted octanol–water partition coefficient (Wildman–Crippen LogP) is 3.07. The summed E-state index contributed by atoms with van der Waals surface area (Å²) >= 11 is 0. The fourth-order valence-electron chi connectivity index (χ4n) is 3.40. The number of hydrogen-bond acceptors (Lipinski definition) is 2. The first kappa shape index (κ1) is 12.7. The number of halogens is 2.